The van der Waals surface area contributed by atoms with Gasteiger partial charge in [0.1, 0.15) is 16.7 Å². The van der Waals surface area contributed by atoms with Crippen LogP contribution < -0.4 is 10.6 Å². The fourth-order valence-electron chi connectivity index (χ4n) is 4.73. The summed E-state index contributed by atoms with van der Waals surface area (Å²) in [7, 11) is 1.23. The second-order valence-corrected chi connectivity index (χ2v) is 8.31. The summed E-state index contributed by atoms with van der Waals surface area (Å²) in [5.41, 5.74) is 5.94. The molecule has 0 radical (unpaired) electrons. The Morgan fingerprint density at radius 1 is 1.27 bits per heavy atom. The van der Waals surface area contributed by atoms with Crippen molar-refractivity contribution in [2.45, 2.75) is 44.9 Å². The number of allylic oxidation sites excluding steroid dienone is 1. The molecule has 158 valence electrons. The maximum atomic E-state index is 14.1. The summed E-state index contributed by atoms with van der Waals surface area (Å²) >= 11 is 0. The van der Waals surface area contributed by atoms with Crippen LogP contribution in [0.1, 0.15) is 45.1 Å². The second kappa shape index (κ2) is 7.31. The molecule has 2 aliphatic heterocycles. The number of para-hydroxylation sites is 1. The largest absolute Gasteiger partial charge is 0.465 e. The maximum absolute atomic E-state index is 14.1. The van der Waals surface area contributed by atoms with Crippen LogP contribution >= 0.6 is 0 Å². The molecule has 0 bridgehead atoms. The highest BCUT2D eigenvalue weighted by molar-refractivity contribution is 6.23. The summed E-state index contributed by atoms with van der Waals surface area (Å²) in [4.78, 5) is 41.8. The van der Waals surface area contributed by atoms with Gasteiger partial charge >= 0.3 is 5.97 Å². The standard InChI is InChI=1S/C23H26N2O5/c1-13(2)11-12-25-15-8-5-4-7-14(15)23(22(25)28)18-16(26)9-6-10-17(18)30-20(24)19(23)21(27)29-3/h4-5,7-8,13H,6,9-12,24H2,1-3H3. The van der Waals surface area contributed by atoms with Gasteiger partial charge in [-0.2, -0.15) is 0 Å². The highest BCUT2D eigenvalue weighted by Gasteiger charge is 2.63. The third-order valence-electron chi connectivity index (χ3n) is 6.08. The van der Waals surface area contributed by atoms with Gasteiger partial charge in [0.15, 0.2) is 5.78 Å². The van der Waals surface area contributed by atoms with Gasteiger partial charge in [-0.25, -0.2) is 4.79 Å². The van der Waals surface area contributed by atoms with Crippen LogP contribution in [0.25, 0.3) is 0 Å². The minimum absolute atomic E-state index is 0.108. The Bertz CT molecular complexity index is 1010. The number of fused-ring (bicyclic) bond motifs is 3. The van der Waals surface area contributed by atoms with E-state index in [-0.39, 0.29) is 28.7 Å². The van der Waals surface area contributed by atoms with Crippen LogP contribution in [0, 0.1) is 5.92 Å². The van der Waals surface area contributed by atoms with Crippen molar-refractivity contribution in [3.8, 4) is 0 Å². The number of anilines is 1. The summed E-state index contributed by atoms with van der Waals surface area (Å²) in [6.07, 6.45) is 2.17. The van der Waals surface area contributed by atoms with Gasteiger partial charge in [-0.15, -0.1) is 0 Å². The lowest BCUT2D eigenvalue weighted by atomic mass is 9.64. The van der Waals surface area contributed by atoms with Gasteiger partial charge in [-0.3, -0.25) is 9.59 Å². The third kappa shape index (κ3) is 2.68. The number of esters is 1. The molecule has 0 fully saturated rings. The molecule has 1 aliphatic carbocycles. The summed E-state index contributed by atoms with van der Waals surface area (Å²) in [6, 6.07) is 7.27. The molecule has 1 unspecified atom stereocenters. The Kier molecular flexibility index (Phi) is 4.92. The first-order valence-electron chi connectivity index (χ1n) is 10.3. The monoisotopic (exact) mass is 410 g/mol. The number of carbonyl (C=O) groups is 3. The number of ketones is 1. The zero-order chi connectivity index (χ0) is 21.6. The quantitative estimate of drug-likeness (QED) is 0.767. The molecule has 30 heavy (non-hydrogen) atoms. The number of amides is 1. The molecule has 7 nitrogen and oxygen atoms in total. The van der Waals surface area contributed by atoms with Gasteiger partial charge in [0.05, 0.1) is 12.7 Å². The average molecular weight is 410 g/mol. The van der Waals surface area contributed by atoms with Crippen molar-refractivity contribution in [1.29, 1.82) is 0 Å². The number of hydrogen-bond acceptors (Lipinski definition) is 6. The zero-order valence-electron chi connectivity index (χ0n) is 17.5. The van der Waals surface area contributed by atoms with Crippen molar-refractivity contribution in [2.75, 3.05) is 18.6 Å². The van der Waals surface area contributed by atoms with Gasteiger partial charge in [-0.1, -0.05) is 32.0 Å². The van der Waals surface area contributed by atoms with E-state index in [1.165, 1.54) is 7.11 Å². The lowest BCUT2D eigenvalue weighted by Gasteiger charge is -2.38. The van der Waals surface area contributed by atoms with E-state index in [2.05, 4.69) is 13.8 Å². The number of nitrogens with two attached hydrogens (primary N) is 1. The summed E-state index contributed by atoms with van der Waals surface area (Å²) < 4.78 is 10.7. The molecular formula is C23H26N2O5. The number of Topliss-reactive ketones (excluding diaryl/α,β-unsaturated/α-hetero) is 1. The van der Waals surface area contributed by atoms with E-state index in [0.717, 1.165) is 6.42 Å². The molecular weight excluding hydrogens is 384 g/mol. The first kappa shape index (κ1) is 20.2. The number of carbonyl (C=O) groups excluding carboxylic acids is 3. The minimum Gasteiger partial charge on any atom is -0.465 e. The predicted molar refractivity (Wildman–Crippen MR) is 110 cm³/mol. The Labute approximate surface area is 175 Å². The fraction of sp³-hybridized carbons (Fsp3) is 0.435. The smallest absolute Gasteiger partial charge is 0.340 e. The molecule has 4 rings (SSSR count). The number of methoxy groups -OCH3 is 1. The molecule has 2 N–H and O–H groups in total. The Balaban J connectivity index is 2.03. The highest BCUT2D eigenvalue weighted by atomic mass is 16.5. The summed E-state index contributed by atoms with van der Waals surface area (Å²) in [5, 5.41) is 0. The molecule has 1 spiro atoms. The zero-order valence-corrected chi connectivity index (χ0v) is 17.5. The predicted octanol–water partition coefficient (Wildman–Crippen LogP) is 2.70. The van der Waals surface area contributed by atoms with Gasteiger partial charge in [0.25, 0.3) is 0 Å². The van der Waals surface area contributed by atoms with E-state index >= 15 is 0 Å². The summed E-state index contributed by atoms with van der Waals surface area (Å²) in [6.45, 7) is 4.64. The first-order chi connectivity index (χ1) is 14.3. The fourth-order valence-corrected chi connectivity index (χ4v) is 4.73. The van der Waals surface area contributed by atoms with Crippen LogP contribution in [-0.2, 0) is 29.3 Å². The first-order valence-corrected chi connectivity index (χ1v) is 10.3. The number of benzene rings is 1. The molecule has 1 aromatic rings. The van der Waals surface area contributed by atoms with Gasteiger partial charge in [-0.05, 0) is 24.8 Å². The number of ether oxygens (including phenoxy) is 2. The molecule has 1 amide bonds. The van der Waals surface area contributed by atoms with Crippen molar-refractivity contribution in [3.63, 3.8) is 0 Å². The molecule has 1 aromatic carbocycles. The van der Waals surface area contributed by atoms with E-state index in [1.54, 1.807) is 17.0 Å². The topological polar surface area (TPSA) is 98.9 Å². The van der Waals surface area contributed by atoms with Crippen molar-refractivity contribution in [3.05, 3.63) is 52.6 Å². The molecule has 7 heteroatoms. The second-order valence-electron chi connectivity index (χ2n) is 8.31. The van der Waals surface area contributed by atoms with Crippen molar-refractivity contribution in [2.24, 2.45) is 11.7 Å². The van der Waals surface area contributed by atoms with E-state index in [1.807, 2.05) is 12.1 Å². The lowest BCUT2D eigenvalue weighted by molar-refractivity contribution is -0.139. The highest BCUT2D eigenvalue weighted by Crippen LogP contribution is 2.56. The maximum Gasteiger partial charge on any atom is 0.340 e. The van der Waals surface area contributed by atoms with Crippen LogP contribution in [0.4, 0.5) is 5.69 Å². The van der Waals surface area contributed by atoms with Crippen LogP contribution in [0.2, 0.25) is 0 Å². The molecule has 2 heterocycles. The number of nitrogens with zero attached hydrogens (tertiary/aromatic N) is 1. The molecule has 1 atom stereocenters. The molecule has 0 saturated heterocycles. The van der Waals surface area contributed by atoms with Crippen LogP contribution in [0.15, 0.2) is 47.1 Å². The van der Waals surface area contributed by atoms with Crippen molar-refractivity contribution < 1.29 is 23.9 Å². The van der Waals surface area contributed by atoms with E-state index in [0.29, 0.717) is 48.7 Å². The Morgan fingerprint density at radius 3 is 2.70 bits per heavy atom. The van der Waals surface area contributed by atoms with E-state index in [4.69, 9.17) is 15.2 Å². The minimum atomic E-state index is -1.63. The van der Waals surface area contributed by atoms with E-state index in [9.17, 15) is 14.4 Å². The van der Waals surface area contributed by atoms with Gasteiger partial charge < -0.3 is 20.1 Å². The molecule has 0 aromatic heterocycles. The molecule has 3 aliphatic rings. The normalized spacial score (nSPS) is 23.1. The van der Waals surface area contributed by atoms with E-state index < -0.39 is 11.4 Å². The number of rotatable bonds is 4. The lowest BCUT2D eigenvalue weighted by Crippen LogP contribution is -2.51. The van der Waals surface area contributed by atoms with Crippen molar-refractivity contribution in [1.82, 2.24) is 0 Å². The Hall–Kier alpha value is -3.09. The third-order valence-corrected chi connectivity index (χ3v) is 6.08. The summed E-state index contributed by atoms with van der Waals surface area (Å²) in [5.74, 6) is -0.735. The van der Waals surface area contributed by atoms with Crippen molar-refractivity contribution >= 4 is 23.3 Å². The van der Waals surface area contributed by atoms with Crippen LogP contribution in [-0.4, -0.2) is 31.3 Å². The van der Waals surface area contributed by atoms with Crippen LogP contribution in [0.5, 0.6) is 0 Å². The Morgan fingerprint density at radius 2 is 2.00 bits per heavy atom. The van der Waals surface area contributed by atoms with Gasteiger partial charge in [0.2, 0.25) is 11.8 Å². The van der Waals surface area contributed by atoms with Crippen LogP contribution in [0.3, 0.4) is 0 Å². The SMILES string of the molecule is COC(=O)C1=C(N)OC2=C(C(=O)CCC2)C12C(=O)N(CCC(C)C)c1ccccc12. The number of hydrogen-bond donors (Lipinski definition) is 1. The molecule has 0 saturated carbocycles. The van der Waals surface area contributed by atoms with Gasteiger partial charge in [0, 0.05) is 30.6 Å². The average Bonchev–Trinajstić information content (AvgIpc) is 2.95.